The fourth-order valence-corrected chi connectivity index (χ4v) is 2.53. The van der Waals surface area contributed by atoms with Gasteiger partial charge in [-0.05, 0) is 47.0 Å². The second-order valence-corrected chi connectivity index (χ2v) is 5.58. The van der Waals surface area contributed by atoms with Crippen molar-refractivity contribution in [3.05, 3.63) is 34.1 Å². The SMILES string of the molecule is O=C(NCCCN1CCCC1=O)c1ccc(F)c(Br)c1. The molecule has 2 amide bonds. The Kier molecular flexibility index (Phi) is 5.11. The number of carbonyl (C=O) groups excluding carboxylic acids is 2. The van der Waals surface area contributed by atoms with E-state index >= 15 is 0 Å². The summed E-state index contributed by atoms with van der Waals surface area (Å²) in [4.78, 5) is 25.0. The fraction of sp³-hybridized carbons (Fsp3) is 0.429. The highest BCUT2D eigenvalue weighted by atomic mass is 79.9. The van der Waals surface area contributed by atoms with Gasteiger partial charge in [0.1, 0.15) is 5.82 Å². The molecule has 4 nitrogen and oxygen atoms in total. The fourth-order valence-electron chi connectivity index (χ4n) is 2.15. The Morgan fingerprint density at radius 2 is 2.25 bits per heavy atom. The normalized spacial score (nSPS) is 14.7. The maximum atomic E-state index is 13.1. The second-order valence-electron chi connectivity index (χ2n) is 4.72. The summed E-state index contributed by atoms with van der Waals surface area (Å²) in [5.74, 6) is -0.439. The van der Waals surface area contributed by atoms with Crippen molar-refractivity contribution in [1.29, 1.82) is 0 Å². The summed E-state index contributed by atoms with van der Waals surface area (Å²) in [6, 6.07) is 4.15. The minimum atomic E-state index is -0.394. The number of carbonyl (C=O) groups is 2. The van der Waals surface area contributed by atoms with Gasteiger partial charge in [0.05, 0.1) is 4.47 Å². The van der Waals surface area contributed by atoms with Crippen LogP contribution in [0.15, 0.2) is 22.7 Å². The van der Waals surface area contributed by atoms with Gasteiger partial charge in [0.2, 0.25) is 5.91 Å². The van der Waals surface area contributed by atoms with Crippen molar-refractivity contribution in [3.8, 4) is 0 Å². The minimum Gasteiger partial charge on any atom is -0.352 e. The molecule has 0 atom stereocenters. The van der Waals surface area contributed by atoms with Crippen LogP contribution in [0.1, 0.15) is 29.6 Å². The number of nitrogens with zero attached hydrogens (tertiary/aromatic N) is 1. The first kappa shape index (κ1) is 15.0. The van der Waals surface area contributed by atoms with E-state index in [-0.39, 0.29) is 16.3 Å². The molecular weight excluding hydrogens is 327 g/mol. The molecule has 1 aromatic carbocycles. The molecule has 1 N–H and O–H groups in total. The summed E-state index contributed by atoms with van der Waals surface area (Å²) >= 11 is 3.05. The molecule has 0 saturated carbocycles. The van der Waals surface area contributed by atoms with E-state index in [1.54, 1.807) is 0 Å². The zero-order valence-electron chi connectivity index (χ0n) is 11.0. The molecule has 0 radical (unpaired) electrons. The molecule has 1 aliphatic heterocycles. The lowest BCUT2D eigenvalue weighted by atomic mass is 10.2. The van der Waals surface area contributed by atoms with E-state index < -0.39 is 5.82 Å². The largest absolute Gasteiger partial charge is 0.352 e. The Hall–Kier alpha value is -1.43. The molecule has 0 bridgehead atoms. The Labute approximate surface area is 125 Å². The highest BCUT2D eigenvalue weighted by Crippen LogP contribution is 2.16. The van der Waals surface area contributed by atoms with E-state index in [4.69, 9.17) is 0 Å². The average molecular weight is 343 g/mol. The standard InChI is InChI=1S/C14H16BrFN2O2/c15-11-9-10(4-5-12(11)16)14(20)17-6-2-8-18-7-1-3-13(18)19/h4-5,9H,1-3,6-8H2,(H,17,20). The molecule has 0 aliphatic carbocycles. The molecule has 2 rings (SSSR count). The number of hydrogen-bond donors (Lipinski definition) is 1. The average Bonchev–Trinajstić information content (AvgIpc) is 2.83. The van der Waals surface area contributed by atoms with E-state index in [0.717, 1.165) is 19.4 Å². The van der Waals surface area contributed by atoms with Crippen LogP contribution in [0.5, 0.6) is 0 Å². The second kappa shape index (κ2) is 6.83. The van der Waals surface area contributed by atoms with Crippen molar-refractivity contribution >= 4 is 27.7 Å². The van der Waals surface area contributed by atoms with Gasteiger partial charge in [-0.25, -0.2) is 4.39 Å². The molecule has 0 aromatic heterocycles. The quantitative estimate of drug-likeness (QED) is 0.835. The zero-order chi connectivity index (χ0) is 14.5. The molecule has 6 heteroatoms. The maximum absolute atomic E-state index is 13.1. The van der Waals surface area contributed by atoms with E-state index in [1.165, 1.54) is 18.2 Å². The Morgan fingerprint density at radius 1 is 1.45 bits per heavy atom. The predicted octanol–water partition coefficient (Wildman–Crippen LogP) is 2.33. The van der Waals surface area contributed by atoms with Crippen LogP contribution in [0.3, 0.4) is 0 Å². The Balaban J connectivity index is 1.74. The topological polar surface area (TPSA) is 49.4 Å². The maximum Gasteiger partial charge on any atom is 0.251 e. The highest BCUT2D eigenvalue weighted by Gasteiger charge is 2.19. The van der Waals surface area contributed by atoms with Crippen LogP contribution in [0.4, 0.5) is 4.39 Å². The molecular formula is C14H16BrFN2O2. The van der Waals surface area contributed by atoms with Gasteiger partial charge in [-0.2, -0.15) is 0 Å². The molecule has 20 heavy (non-hydrogen) atoms. The molecule has 0 unspecified atom stereocenters. The summed E-state index contributed by atoms with van der Waals surface area (Å²) in [6.07, 6.45) is 2.28. The van der Waals surface area contributed by atoms with E-state index in [2.05, 4.69) is 21.2 Å². The monoisotopic (exact) mass is 342 g/mol. The molecule has 1 fully saturated rings. The first-order valence-corrected chi connectivity index (χ1v) is 7.38. The first-order chi connectivity index (χ1) is 9.58. The highest BCUT2D eigenvalue weighted by molar-refractivity contribution is 9.10. The predicted molar refractivity (Wildman–Crippen MR) is 76.9 cm³/mol. The number of likely N-dealkylation sites (tertiary alicyclic amines) is 1. The summed E-state index contributed by atoms with van der Waals surface area (Å²) < 4.78 is 13.3. The number of hydrogen-bond acceptors (Lipinski definition) is 2. The van der Waals surface area contributed by atoms with Crippen LogP contribution < -0.4 is 5.32 Å². The van der Waals surface area contributed by atoms with Crippen LogP contribution in [-0.2, 0) is 4.79 Å². The van der Waals surface area contributed by atoms with Crippen molar-refractivity contribution in [2.24, 2.45) is 0 Å². The van der Waals surface area contributed by atoms with E-state index in [0.29, 0.717) is 25.1 Å². The van der Waals surface area contributed by atoms with Crippen LogP contribution >= 0.6 is 15.9 Å². The van der Waals surface area contributed by atoms with Crippen molar-refractivity contribution in [2.75, 3.05) is 19.6 Å². The third-order valence-corrected chi connectivity index (χ3v) is 3.85. The molecule has 1 aliphatic rings. The van der Waals surface area contributed by atoms with Gasteiger partial charge < -0.3 is 10.2 Å². The molecule has 1 heterocycles. The summed E-state index contributed by atoms with van der Waals surface area (Å²) in [6.45, 7) is 1.99. The van der Waals surface area contributed by atoms with Gasteiger partial charge in [0, 0.05) is 31.6 Å². The first-order valence-electron chi connectivity index (χ1n) is 6.59. The van der Waals surface area contributed by atoms with Crippen molar-refractivity contribution < 1.29 is 14.0 Å². The van der Waals surface area contributed by atoms with Crippen LogP contribution in [0.25, 0.3) is 0 Å². The van der Waals surface area contributed by atoms with Gasteiger partial charge in [-0.15, -0.1) is 0 Å². The van der Waals surface area contributed by atoms with Crippen LogP contribution in [0.2, 0.25) is 0 Å². The lowest BCUT2D eigenvalue weighted by Gasteiger charge is -2.15. The molecule has 0 spiro atoms. The number of amides is 2. The minimum absolute atomic E-state index is 0.193. The smallest absolute Gasteiger partial charge is 0.251 e. The Morgan fingerprint density at radius 3 is 2.90 bits per heavy atom. The summed E-state index contributed by atoms with van der Waals surface area (Å²) in [5.41, 5.74) is 0.413. The van der Waals surface area contributed by atoms with Crippen LogP contribution in [-0.4, -0.2) is 36.3 Å². The number of benzene rings is 1. The van der Waals surface area contributed by atoms with Crippen molar-refractivity contribution in [3.63, 3.8) is 0 Å². The van der Waals surface area contributed by atoms with E-state index in [9.17, 15) is 14.0 Å². The summed E-state index contributed by atoms with van der Waals surface area (Å²) in [5, 5.41) is 2.76. The van der Waals surface area contributed by atoms with E-state index in [1.807, 2.05) is 4.90 Å². The van der Waals surface area contributed by atoms with Gasteiger partial charge in [0.15, 0.2) is 0 Å². The number of nitrogens with one attached hydrogen (secondary N) is 1. The Bertz CT molecular complexity index is 522. The lowest BCUT2D eigenvalue weighted by Crippen LogP contribution is -2.30. The molecule has 108 valence electrons. The van der Waals surface area contributed by atoms with Crippen molar-refractivity contribution in [2.45, 2.75) is 19.3 Å². The number of rotatable bonds is 5. The third kappa shape index (κ3) is 3.79. The summed E-state index contributed by atoms with van der Waals surface area (Å²) in [7, 11) is 0. The van der Waals surface area contributed by atoms with Crippen LogP contribution in [0, 0.1) is 5.82 Å². The van der Waals surface area contributed by atoms with Gasteiger partial charge in [-0.1, -0.05) is 0 Å². The van der Waals surface area contributed by atoms with Crippen molar-refractivity contribution in [1.82, 2.24) is 10.2 Å². The molecule has 1 saturated heterocycles. The van der Waals surface area contributed by atoms with Gasteiger partial charge in [0.25, 0.3) is 5.91 Å². The third-order valence-electron chi connectivity index (χ3n) is 3.24. The zero-order valence-corrected chi connectivity index (χ0v) is 12.6. The van der Waals surface area contributed by atoms with Gasteiger partial charge >= 0.3 is 0 Å². The lowest BCUT2D eigenvalue weighted by molar-refractivity contribution is -0.127. The number of halogens is 2. The van der Waals surface area contributed by atoms with Gasteiger partial charge in [-0.3, -0.25) is 9.59 Å². The molecule has 1 aromatic rings.